The summed E-state index contributed by atoms with van der Waals surface area (Å²) in [6.45, 7) is 3.60. The highest BCUT2D eigenvalue weighted by molar-refractivity contribution is 5.75. The summed E-state index contributed by atoms with van der Waals surface area (Å²) < 4.78 is 5.27. The molecule has 1 aliphatic carbocycles. The number of hydrogen-bond acceptors (Lipinski definition) is 3. The van der Waals surface area contributed by atoms with Gasteiger partial charge in [0.15, 0.2) is 0 Å². The normalized spacial score (nSPS) is 15.3. The summed E-state index contributed by atoms with van der Waals surface area (Å²) in [5.41, 5.74) is 1.10. The van der Waals surface area contributed by atoms with E-state index in [1.54, 1.807) is 7.11 Å². The Labute approximate surface area is 139 Å². The molecule has 1 atom stereocenters. The maximum Gasteiger partial charge on any atom is 0.318 e. The van der Waals surface area contributed by atoms with Crippen molar-refractivity contribution in [1.82, 2.24) is 15.1 Å². The maximum atomic E-state index is 12.7. The molecule has 0 saturated heterocycles. The van der Waals surface area contributed by atoms with Crippen LogP contribution >= 0.6 is 0 Å². The second-order valence-corrected chi connectivity index (χ2v) is 6.53. The zero-order chi connectivity index (χ0) is 16.8. The summed E-state index contributed by atoms with van der Waals surface area (Å²) in [7, 11) is 5.73. The topological polar surface area (TPSA) is 44.8 Å². The Morgan fingerprint density at radius 1 is 1.39 bits per heavy atom. The zero-order valence-corrected chi connectivity index (χ0v) is 14.7. The van der Waals surface area contributed by atoms with Crippen molar-refractivity contribution in [3.05, 3.63) is 29.8 Å². The van der Waals surface area contributed by atoms with E-state index in [-0.39, 0.29) is 12.1 Å². The van der Waals surface area contributed by atoms with Crippen LogP contribution < -0.4 is 10.1 Å². The molecule has 128 valence electrons. The fraction of sp³-hybridized carbons (Fsp3) is 0.611. The van der Waals surface area contributed by atoms with Crippen molar-refractivity contribution in [3.8, 4) is 5.75 Å². The van der Waals surface area contributed by atoms with Gasteiger partial charge in [0.2, 0.25) is 0 Å². The van der Waals surface area contributed by atoms with E-state index in [1.165, 1.54) is 0 Å². The van der Waals surface area contributed by atoms with E-state index in [1.807, 2.05) is 43.3 Å². The van der Waals surface area contributed by atoms with Crippen LogP contribution in [0.4, 0.5) is 4.79 Å². The first kappa shape index (κ1) is 17.6. The van der Waals surface area contributed by atoms with Crippen LogP contribution in [0, 0.1) is 0 Å². The van der Waals surface area contributed by atoms with Gasteiger partial charge >= 0.3 is 6.03 Å². The molecule has 0 aliphatic heterocycles. The van der Waals surface area contributed by atoms with E-state index >= 15 is 0 Å². The SMILES string of the molecule is CC[C@@H](CN(C)C)NC(=O)N(Cc1cccc(OC)c1)C1CC1. The van der Waals surface area contributed by atoms with E-state index in [2.05, 4.69) is 17.1 Å². The van der Waals surface area contributed by atoms with Crippen molar-refractivity contribution in [2.24, 2.45) is 0 Å². The number of carbonyl (C=O) groups is 1. The lowest BCUT2D eigenvalue weighted by molar-refractivity contribution is 0.184. The van der Waals surface area contributed by atoms with Gasteiger partial charge in [-0.05, 0) is 51.1 Å². The maximum absolute atomic E-state index is 12.7. The lowest BCUT2D eigenvalue weighted by Gasteiger charge is -2.27. The first-order valence-electron chi connectivity index (χ1n) is 8.38. The largest absolute Gasteiger partial charge is 0.497 e. The van der Waals surface area contributed by atoms with Gasteiger partial charge in [-0.2, -0.15) is 0 Å². The Morgan fingerprint density at radius 2 is 2.13 bits per heavy atom. The molecule has 1 saturated carbocycles. The first-order valence-corrected chi connectivity index (χ1v) is 8.38. The average molecular weight is 319 g/mol. The van der Waals surface area contributed by atoms with Crippen molar-refractivity contribution < 1.29 is 9.53 Å². The highest BCUT2D eigenvalue weighted by atomic mass is 16.5. The van der Waals surface area contributed by atoms with Crippen molar-refractivity contribution in [2.45, 2.75) is 44.8 Å². The molecule has 1 N–H and O–H groups in total. The van der Waals surface area contributed by atoms with Crippen LogP contribution in [0.5, 0.6) is 5.75 Å². The van der Waals surface area contributed by atoms with E-state index in [0.717, 1.165) is 37.1 Å². The minimum atomic E-state index is 0.0454. The third kappa shape index (κ3) is 5.43. The fourth-order valence-corrected chi connectivity index (χ4v) is 2.70. The number of urea groups is 1. The second-order valence-electron chi connectivity index (χ2n) is 6.53. The van der Waals surface area contributed by atoms with Crippen LogP contribution in [0.3, 0.4) is 0 Å². The minimum absolute atomic E-state index is 0.0454. The molecule has 1 aliphatic rings. The number of methoxy groups -OCH3 is 1. The molecule has 2 rings (SSSR count). The van der Waals surface area contributed by atoms with Crippen LogP contribution in [0.25, 0.3) is 0 Å². The molecule has 0 heterocycles. The van der Waals surface area contributed by atoms with E-state index in [0.29, 0.717) is 12.6 Å². The number of ether oxygens (including phenoxy) is 1. The van der Waals surface area contributed by atoms with Gasteiger partial charge in [-0.25, -0.2) is 4.79 Å². The van der Waals surface area contributed by atoms with E-state index < -0.39 is 0 Å². The van der Waals surface area contributed by atoms with Crippen molar-refractivity contribution >= 4 is 6.03 Å². The Balaban J connectivity index is 2.01. The second kappa shape index (κ2) is 8.20. The molecule has 1 aromatic rings. The predicted octanol–water partition coefficient (Wildman–Crippen LogP) is 2.71. The van der Waals surface area contributed by atoms with Gasteiger partial charge in [-0.1, -0.05) is 19.1 Å². The van der Waals surface area contributed by atoms with Gasteiger partial charge in [-0.15, -0.1) is 0 Å². The predicted molar refractivity (Wildman–Crippen MR) is 92.7 cm³/mol. The number of nitrogens with one attached hydrogen (secondary N) is 1. The van der Waals surface area contributed by atoms with Gasteiger partial charge in [-0.3, -0.25) is 0 Å². The first-order chi connectivity index (χ1) is 11.0. The fourth-order valence-electron chi connectivity index (χ4n) is 2.70. The summed E-state index contributed by atoms with van der Waals surface area (Å²) in [6.07, 6.45) is 3.13. The Hall–Kier alpha value is -1.75. The Bertz CT molecular complexity index is 515. The highest BCUT2D eigenvalue weighted by Crippen LogP contribution is 2.29. The van der Waals surface area contributed by atoms with Crippen LogP contribution in [0.1, 0.15) is 31.7 Å². The summed E-state index contributed by atoms with van der Waals surface area (Å²) in [6, 6.07) is 8.54. The number of likely N-dealkylation sites (N-methyl/N-ethyl adjacent to an activating group) is 1. The van der Waals surface area contributed by atoms with Gasteiger partial charge in [0.1, 0.15) is 5.75 Å². The monoisotopic (exact) mass is 319 g/mol. The summed E-state index contributed by atoms with van der Waals surface area (Å²) in [4.78, 5) is 16.8. The molecule has 1 aromatic carbocycles. The lowest BCUT2D eigenvalue weighted by atomic mass is 10.2. The molecular weight excluding hydrogens is 290 g/mol. The molecule has 0 spiro atoms. The van der Waals surface area contributed by atoms with Gasteiger partial charge in [0.25, 0.3) is 0 Å². The van der Waals surface area contributed by atoms with Crippen LogP contribution in [-0.2, 0) is 6.54 Å². The summed E-state index contributed by atoms with van der Waals surface area (Å²) in [5.74, 6) is 0.831. The molecule has 5 heteroatoms. The van der Waals surface area contributed by atoms with Crippen molar-refractivity contribution in [2.75, 3.05) is 27.7 Å². The van der Waals surface area contributed by atoms with Crippen LogP contribution in [-0.4, -0.2) is 55.7 Å². The highest BCUT2D eigenvalue weighted by Gasteiger charge is 2.33. The zero-order valence-electron chi connectivity index (χ0n) is 14.7. The molecule has 0 aromatic heterocycles. The number of hydrogen-bond donors (Lipinski definition) is 1. The standard InChI is InChI=1S/C18H29N3O2/c1-5-15(13-20(2)3)19-18(22)21(16-9-10-16)12-14-7-6-8-17(11-14)23-4/h6-8,11,15-16H,5,9-10,12-13H2,1-4H3,(H,19,22)/t15-/m0/s1. The molecule has 0 unspecified atom stereocenters. The van der Waals surface area contributed by atoms with Gasteiger partial charge in [0.05, 0.1) is 7.11 Å². The molecular formula is C18H29N3O2. The molecule has 23 heavy (non-hydrogen) atoms. The smallest absolute Gasteiger partial charge is 0.318 e. The minimum Gasteiger partial charge on any atom is -0.497 e. The van der Waals surface area contributed by atoms with Crippen molar-refractivity contribution in [1.29, 1.82) is 0 Å². The average Bonchev–Trinajstić information content (AvgIpc) is 3.36. The Kier molecular flexibility index (Phi) is 6.28. The number of rotatable bonds is 8. The van der Waals surface area contributed by atoms with Gasteiger partial charge < -0.3 is 19.9 Å². The third-order valence-electron chi connectivity index (χ3n) is 4.14. The Morgan fingerprint density at radius 3 is 2.70 bits per heavy atom. The quantitative estimate of drug-likeness (QED) is 0.801. The van der Waals surface area contributed by atoms with E-state index in [9.17, 15) is 4.79 Å². The third-order valence-corrected chi connectivity index (χ3v) is 4.14. The molecule has 0 radical (unpaired) electrons. The van der Waals surface area contributed by atoms with E-state index in [4.69, 9.17) is 4.74 Å². The molecule has 2 amide bonds. The van der Waals surface area contributed by atoms with Crippen molar-refractivity contribution in [3.63, 3.8) is 0 Å². The number of carbonyl (C=O) groups excluding carboxylic acids is 1. The molecule has 1 fully saturated rings. The van der Waals surface area contributed by atoms with Gasteiger partial charge in [0, 0.05) is 25.2 Å². The molecule has 0 bridgehead atoms. The summed E-state index contributed by atoms with van der Waals surface area (Å²) >= 11 is 0. The summed E-state index contributed by atoms with van der Waals surface area (Å²) in [5, 5.41) is 3.18. The van der Waals surface area contributed by atoms with Crippen LogP contribution in [0.15, 0.2) is 24.3 Å². The lowest BCUT2D eigenvalue weighted by Crippen LogP contribution is -2.48. The van der Waals surface area contributed by atoms with Crippen LogP contribution in [0.2, 0.25) is 0 Å². The molecule has 5 nitrogen and oxygen atoms in total. The number of nitrogens with zero attached hydrogens (tertiary/aromatic N) is 2. The number of amides is 2. The number of benzene rings is 1.